The first-order chi connectivity index (χ1) is 13.3. The minimum atomic E-state index is -1.23. The van der Waals surface area contributed by atoms with Crippen molar-refractivity contribution < 1.29 is 43.5 Å². The first-order valence-corrected chi connectivity index (χ1v) is 8.52. The highest BCUT2D eigenvalue weighted by atomic mass is 16.7. The fourth-order valence-corrected chi connectivity index (χ4v) is 3.03. The van der Waals surface area contributed by atoms with Crippen LogP contribution in [-0.2, 0) is 19.0 Å². The van der Waals surface area contributed by atoms with Crippen LogP contribution < -0.4 is 14.8 Å². The molecule has 0 radical (unpaired) electrons. The number of hydrogen-bond donors (Lipinski definition) is 3. The zero-order valence-electron chi connectivity index (χ0n) is 16.1. The first-order valence-electron chi connectivity index (χ1n) is 8.52. The zero-order valence-corrected chi connectivity index (χ0v) is 16.1. The Morgan fingerprint density at radius 2 is 1.96 bits per heavy atom. The minimum absolute atomic E-state index is 0.00659. The molecule has 28 heavy (non-hydrogen) atoms. The van der Waals surface area contributed by atoms with Gasteiger partial charge in [-0.1, -0.05) is 0 Å². The van der Waals surface area contributed by atoms with Crippen LogP contribution in [0.25, 0.3) is 0 Å². The summed E-state index contributed by atoms with van der Waals surface area (Å²) in [5.74, 6) is -1.32. The molecule has 1 aliphatic heterocycles. The van der Waals surface area contributed by atoms with Gasteiger partial charge in [0.25, 0.3) is 0 Å². The van der Waals surface area contributed by atoms with Crippen LogP contribution in [0.2, 0.25) is 0 Å². The van der Waals surface area contributed by atoms with E-state index in [1.165, 1.54) is 46.5 Å². The highest BCUT2D eigenvalue weighted by Gasteiger charge is 2.47. The molecule has 1 aromatic carbocycles. The molecule has 1 amide bonds. The van der Waals surface area contributed by atoms with Crippen LogP contribution >= 0.6 is 0 Å². The lowest BCUT2D eigenvalue weighted by Gasteiger charge is -2.43. The monoisotopic (exact) mass is 399 g/mol. The van der Waals surface area contributed by atoms with Gasteiger partial charge in [-0.05, 0) is 18.2 Å². The van der Waals surface area contributed by atoms with Crippen molar-refractivity contribution in [1.82, 2.24) is 5.32 Å². The molecule has 0 saturated carbocycles. The highest BCUT2D eigenvalue weighted by molar-refractivity contribution is 5.91. The van der Waals surface area contributed by atoms with Crippen molar-refractivity contribution in [3.63, 3.8) is 0 Å². The number of benzene rings is 1. The van der Waals surface area contributed by atoms with E-state index in [-0.39, 0.29) is 17.9 Å². The van der Waals surface area contributed by atoms with Crippen LogP contribution in [0.1, 0.15) is 17.3 Å². The molecule has 1 aromatic rings. The third kappa shape index (κ3) is 4.90. The van der Waals surface area contributed by atoms with Gasteiger partial charge in [-0.25, -0.2) is 4.79 Å². The van der Waals surface area contributed by atoms with E-state index < -0.39 is 42.5 Å². The molecule has 10 nitrogen and oxygen atoms in total. The van der Waals surface area contributed by atoms with Crippen molar-refractivity contribution in [2.45, 2.75) is 37.6 Å². The number of carboxylic acids is 1. The summed E-state index contributed by atoms with van der Waals surface area (Å²) in [5.41, 5.74) is -0.156. The van der Waals surface area contributed by atoms with E-state index >= 15 is 0 Å². The molecule has 1 heterocycles. The van der Waals surface area contributed by atoms with Gasteiger partial charge in [-0.15, -0.1) is 0 Å². The van der Waals surface area contributed by atoms with Gasteiger partial charge in [0, 0.05) is 21.1 Å². The van der Waals surface area contributed by atoms with Crippen LogP contribution in [0.15, 0.2) is 18.2 Å². The van der Waals surface area contributed by atoms with Gasteiger partial charge in [-0.3, -0.25) is 4.79 Å². The summed E-state index contributed by atoms with van der Waals surface area (Å²) in [6, 6.07) is 3.24. The molecule has 1 saturated heterocycles. The van der Waals surface area contributed by atoms with E-state index in [0.717, 1.165) is 0 Å². The molecule has 5 atom stereocenters. The minimum Gasteiger partial charge on any atom is -0.497 e. The second-order valence-corrected chi connectivity index (χ2v) is 6.20. The van der Waals surface area contributed by atoms with E-state index in [2.05, 4.69) is 5.32 Å². The molecule has 0 spiro atoms. The normalized spacial score (nSPS) is 27.1. The summed E-state index contributed by atoms with van der Waals surface area (Å²) in [6.45, 7) is 1.37. The summed E-state index contributed by atoms with van der Waals surface area (Å²) in [6.07, 6.45) is -3.85. The molecule has 1 aliphatic rings. The number of hydrogen-bond acceptors (Lipinski definition) is 8. The number of nitrogens with one attached hydrogen (secondary N) is 1. The summed E-state index contributed by atoms with van der Waals surface area (Å²) < 4.78 is 27.0. The number of ether oxygens (including phenoxy) is 5. The lowest BCUT2D eigenvalue weighted by Crippen LogP contribution is -2.65. The predicted molar refractivity (Wildman–Crippen MR) is 95.5 cm³/mol. The van der Waals surface area contributed by atoms with Gasteiger partial charge in [0.1, 0.15) is 41.4 Å². The average molecular weight is 399 g/mol. The molecule has 1 fully saturated rings. The number of rotatable bonds is 8. The number of amides is 1. The Hall–Kier alpha value is -2.40. The molecular weight excluding hydrogens is 374 g/mol. The predicted octanol–water partition coefficient (Wildman–Crippen LogP) is 0.0241. The third-order valence-electron chi connectivity index (χ3n) is 4.31. The van der Waals surface area contributed by atoms with Crippen LogP contribution in [0, 0.1) is 0 Å². The SMILES string of the molecule is COCC1OC(Oc2ccc(OC)cc2C(=O)O)C(NC(C)=O)C(O)C1OC. The van der Waals surface area contributed by atoms with Crippen LogP contribution in [0.4, 0.5) is 0 Å². The van der Waals surface area contributed by atoms with Gasteiger partial charge >= 0.3 is 5.97 Å². The number of aliphatic hydroxyl groups is 1. The van der Waals surface area contributed by atoms with Crippen molar-refractivity contribution in [2.24, 2.45) is 0 Å². The molecule has 156 valence electrons. The van der Waals surface area contributed by atoms with E-state index in [9.17, 15) is 19.8 Å². The van der Waals surface area contributed by atoms with Crippen LogP contribution in [-0.4, -0.2) is 80.7 Å². The molecule has 0 bridgehead atoms. The third-order valence-corrected chi connectivity index (χ3v) is 4.31. The number of carbonyl (C=O) groups excluding carboxylic acids is 1. The van der Waals surface area contributed by atoms with Crippen molar-refractivity contribution in [2.75, 3.05) is 27.9 Å². The average Bonchev–Trinajstić information content (AvgIpc) is 2.65. The Kier molecular flexibility index (Phi) is 7.58. The van der Waals surface area contributed by atoms with Crippen molar-refractivity contribution >= 4 is 11.9 Å². The molecule has 5 unspecified atom stereocenters. The number of aliphatic hydroxyl groups excluding tert-OH is 1. The Morgan fingerprint density at radius 3 is 2.50 bits per heavy atom. The van der Waals surface area contributed by atoms with Gasteiger partial charge in [0.05, 0.1) is 13.7 Å². The van der Waals surface area contributed by atoms with Crippen molar-refractivity contribution in [3.05, 3.63) is 23.8 Å². The van der Waals surface area contributed by atoms with Crippen molar-refractivity contribution in [1.29, 1.82) is 0 Å². The van der Waals surface area contributed by atoms with E-state index in [1.54, 1.807) is 0 Å². The summed E-state index contributed by atoms with van der Waals surface area (Å²) in [7, 11) is 4.28. The molecule has 10 heteroatoms. The van der Waals surface area contributed by atoms with Gasteiger partial charge in [-0.2, -0.15) is 0 Å². The highest BCUT2D eigenvalue weighted by Crippen LogP contribution is 2.30. The number of methoxy groups -OCH3 is 3. The largest absolute Gasteiger partial charge is 0.497 e. The lowest BCUT2D eigenvalue weighted by molar-refractivity contribution is -0.251. The summed E-state index contributed by atoms with van der Waals surface area (Å²) in [5, 5.41) is 22.7. The quantitative estimate of drug-likeness (QED) is 0.553. The molecular formula is C18H25NO9. The lowest BCUT2D eigenvalue weighted by atomic mass is 9.96. The maximum absolute atomic E-state index is 11.6. The van der Waals surface area contributed by atoms with Gasteiger partial charge in [0.2, 0.25) is 12.2 Å². The number of aromatic carboxylic acids is 1. The second-order valence-electron chi connectivity index (χ2n) is 6.20. The van der Waals surface area contributed by atoms with Crippen molar-refractivity contribution in [3.8, 4) is 11.5 Å². The number of carboxylic acid groups (broad SMARTS) is 1. The van der Waals surface area contributed by atoms with E-state index in [4.69, 9.17) is 23.7 Å². The Balaban J connectivity index is 2.36. The summed E-state index contributed by atoms with van der Waals surface area (Å²) in [4.78, 5) is 23.2. The van der Waals surface area contributed by atoms with Crippen LogP contribution in [0.5, 0.6) is 11.5 Å². The Labute approximate surface area is 162 Å². The maximum Gasteiger partial charge on any atom is 0.339 e. The maximum atomic E-state index is 11.6. The first kappa shape index (κ1) is 21.9. The Bertz CT molecular complexity index is 696. The Morgan fingerprint density at radius 1 is 1.25 bits per heavy atom. The molecule has 0 aromatic heterocycles. The molecule has 0 aliphatic carbocycles. The second kappa shape index (κ2) is 9.69. The smallest absolute Gasteiger partial charge is 0.339 e. The number of carbonyl (C=O) groups is 2. The fourth-order valence-electron chi connectivity index (χ4n) is 3.03. The van der Waals surface area contributed by atoms with Gasteiger partial charge < -0.3 is 39.2 Å². The molecule has 3 N–H and O–H groups in total. The van der Waals surface area contributed by atoms with E-state index in [1.807, 2.05) is 0 Å². The zero-order chi connectivity index (χ0) is 20.8. The molecule has 2 rings (SSSR count). The van der Waals surface area contributed by atoms with Gasteiger partial charge in [0.15, 0.2) is 0 Å². The van der Waals surface area contributed by atoms with Crippen LogP contribution in [0.3, 0.4) is 0 Å². The topological polar surface area (TPSA) is 133 Å². The standard InChI is InChI=1S/C18H25NO9/c1-9(20)19-14-15(21)16(26-4)13(8-24-2)28-18(14)27-12-6-5-10(25-3)7-11(12)17(22)23/h5-7,13-16,18,21H,8H2,1-4H3,(H,19,20)(H,22,23). The fraction of sp³-hybridized carbons (Fsp3) is 0.556. The summed E-state index contributed by atoms with van der Waals surface area (Å²) >= 11 is 0. The van der Waals surface area contributed by atoms with E-state index in [0.29, 0.717) is 5.75 Å².